The van der Waals surface area contributed by atoms with Crippen molar-refractivity contribution in [2.75, 3.05) is 7.11 Å². The van der Waals surface area contributed by atoms with Crippen molar-refractivity contribution in [3.8, 4) is 33.8 Å². The molecule has 7 aromatic carbocycles. The van der Waals surface area contributed by atoms with E-state index in [4.69, 9.17) is 9.47 Å². The molecule has 254 valence electrons. The Labute approximate surface area is 302 Å². The van der Waals surface area contributed by atoms with Crippen LogP contribution in [0.4, 0.5) is 8.78 Å². The molecule has 0 radical (unpaired) electrons. The number of benzene rings is 7. The van der Waals surface area contributed by atoms with Crippen LogP contribution in [0.15, 0.2) is 121 Å². The summed E-state index contributed by atoms with van der Waals surface area (Å²) in [5.74, 6) is 0.740. The van der Waals surface area contributed by atoms with Gasteiger partial charge in [-0.1, -0.05) is 94.4 Å². The van der Waals surface area contributed by atoms with E-state index in [1.807, 2.05) is 36.4 Å². The van der Waals surface area contributed by atoms with E-state index in [9.17, 15) is 4.39 Å². The summed E-state index contributed by atoms with van der Waals surface area (Å²) >= 11 is 0. The molecular weight excluding hydrogens is 647 g/mol. The highest BCUT2D eigenvalue weighted by atomic mass is 19.1. The lowest BCUT2D eigenvalue weighted by Crippen LogP contribution is -2.35. The molecule has 52 heavy (non-hydrogen) atoms. The number of ether oxygens (including phenoxy) is 2. The van der Waals surface area contributed by atoms with E-state index in [0.717, 1.165) is 50.1 Å². The van der Waals surface area contributed by atoms with Gasteiger partial charge in [-0.05, 0) is 121 Å². The van der Waals surface area contributed by atoms with E-state index in [1.54, 1.807) is 19.2 Å². The van der Waals surface area contributed by atoms with Crippen LogP contribution in [0.2, 0.25) is 0 Å². The third-order valence-electron chi connectivity index (χ3n) is 12.0. The molecule has 0 fully saturated rings. The van der Waals surface area contributed by atoms with E-state index in [2.05, 4.69) is 94.4 Å². The molecular formula is C48H36F2O2. The Morgan fingerprint density at radius 2 is 1.23 bits per heavy atom. The lowest BCUT2D eigenvalue weighted by molar-refractivity contribution is 0.163. The standard InChI is InChI=1S/C48H36F2O2/c1-46(2)40-23-28-9-7-6-8-27(28)22-38(40)34-17-12-30(24-41(34)46)48(29-10-15-33(51-5)16-11-29)21-20-37-44-43(35-18-13-31(49)25-39(35)45(37)52-48)36-19-14-32(50)26-42(36)47(44,3)4/h6-26H,1-5H3. The Bertz CT molecular complexity index is 2720. The van der Waals surface area contributed by atoms with Gasteiger partial charge < -0.3 is 9.47 Å². The van der Waals surface area contributed by atoms with Crippen molar-refractivity contribution in [2.45, 2.75) is 44.1 Å². The van der Waals surface area contributed by atoms with Crippen molar-refractivity contribution in [2.24, 2.45) is 0 Å². The van der Waals surface area contributed by atoms with Gasteiger partial charge in [-0.3, -0.25) is 0 Å². The van der Waals surface area contributed by atoms with Crippen molar-refractivity contribution in [3.05, 3.63) is 172 Å². The molecule has 0 saturated carbocycles. The number of methoxy groups -OCH3 is 1. The van der Waals surface area contributed by atoms with Crippen LogP contribution in [0.5, 0.6) is 11.5 Å². The largest absolute Gasteiger partial charge is 0.497 e. The minimum absolute atomic E-state index is 0.260. The average molecular weight is 683 g/mol. The number of fused-ring (bicyclic) bond motifs is 12. The fourth-order valence-corrected chi connectivity index (χ4v) is 9.40. The van der Waals surface area contributed by atoms with Crippen molar-refractivity contribution >= 4 is 27.6 Å². The monoisotopic (exact) mass is 682 g/mol. The summed E-state index contributed by atoms with van der Waals surface area (Å²) in [4.78, 5) is 0. The van der Waals surface area contributed by atoms with E-state index >= 15 is 4.39 Å². The first-order chi connectivity index (χ1) is 25.0. The summed E-state index contributed by atoms with van der Waals surface area (Å²) < 4.78 is 43.1. The Hall–Kier alpha value is -5.74. The van der Waals surface area contributed by atoms with Crippen LogP contribution in [0, 0.1) is 11.6 Å². The third-order valence-corrected chi connectivity index (χ3v) is 12.0. The van der Waals surface area contributed by atoms with E-state index < -0.39 is 11.0 Å². The topological polar surface area (TPSA) is 18.5 Å². The molecule has 1 unspecified atom stereocenters. The maximum absolute atomic E-state index is 15.3. The predicted octanol–water partition coefficient (Wildman–Crippen LogP) is 12.2. The van der Waals surface area contributed by atoms with Crippen molar-refractivity contribution in [1.29, 1.82) is 0 Å². The molecule has 2 nitrogen and oxygen atoms in total. The molecule has 3 aliphatic rings. The normalized spacial score (nSPS) is 18.4. The van der Waals surface area contributed by atoms with Gasteiger partial charge in [0, 0.05) is 32.9 Å². The van der Waals surface area contributed by atoms with Gasteiger partial charge in [-0.2, -0.15) is 0 Å². The minimum Gasteiger partial charge on any atom is -0.497 e. The highest BCUT2D eigenvalue weighted by molar-refractivity contribution is 6.08. The zero-order valence-corrected chi connectivity index (χ0v) is 29.7. The van der Waals surface area contributed by atoms with Crippen molar-refractivity contribution < 1.29 is 18.3 Å². The quantitative estimate of drug-likeness (QED) is 0.185. The summed E-state index contributed by atoms with van der Waals surface area (Å²) in [7, 11) is 1.66. The highest BCUT2D eigenvalue weighted by Gasteiger charge is 2.46. The molecule has 4 heteroatoms. The van der Waals surface area contributed by atoms with Gasteiger partial charge in [-0.15, -0.1) is 0 Å². The first-order valence-electron chi connectivity index (χ1n) is 17.8. The summed E-state index contributed by atoms with van der Waals surface area (Å²) in [6.07, 6.45) is 4.30. The Kier molecular flexibility index (Phi) is 6.22. The molecule has 0 N–H and O–H groups in total. The second kappa shape index (κ2) is 10.4. The van der Waals surface area contributed by atoms with Crippen LogP contribution in [-0.4, -0.2) is 7.11 Å². The van der Waals surface area contributed by atoms with E-state index in [-0.39, 0.29) is 17.0 Å². The molecule has 1 atom stereocenters. The highest BCUT2D eigenvalue weighted by Crippen LogP contribution is 2.59. The predicted molar refractivity (Wildman–Crippen MR) is 206 cm³/mol. The summed E-state index contributed by atoms with van der Waals surface area (Å²) in [6, 6.07) is 37.8. The lowest BCUT2D eigenvalue weighted by Gasteiger charge is -2.39. The number of rotatable bonds is 3. The van der Waals surface area contributed by atoms with Gasteiger partial charge in [-0.25, -0.2) is 8.78 Å². The van der Waals surface area contributed by atoms with Gasteiger partial charge in [0.1, 0.15) is 23.1 Å². The number of hydrogen-bond donors (Lipinski definition) is 0. The molecule has 10 rings (SSSR count). The fraction of sp³-hybridized carbons (Fsp3) is 0.167. The Morgan fingerprint density at radius 3 is 2.00 bits per heavy atom. The maximum Gasteiger partial charge on any atom is 0.178 e. The average Bonchev–Trinajstić information content (AvgIpc) is 3.52. The van der Waals surface area contributed by atoms with Crippen LogP contribution in [0.1, 0.15) is 66.6 Å². The van der Waals surface area contributed by atoms with Crippen LogP contribution < -0.4 is 9.47 Å². The second-order valence-corrected chi connectivity index (χ2v) is 15.5. The van der Waals surface area contributed by atoms with Crippen LogP contribution in [-0.2, 0) is 16.4 Å². The van der Waals surface area contributed by atoms with Crippen LogP contribution in [0.25, 0.3) is 49.9 Å². The molecule has 0 bridgehead atoms. The number of hydrogen-bond acceptors (Lipinski definition) is 2. The Morgan fingerprint density at radius 1 is 0.577 bits per heavy atom. The van der Waals surface area contributed by atoms with Crippen LogP contribution >= 0.6 is 0 Å². The molecule has 0 saturated heterocycles. The molecule has 0 aromatic heterocycles. The van der Waals surface area contributed by atoms with Gasteiger partial charge in [0.2, 0.25) is 0 Å². The SMILES string of the molecule is COc1ccc(C2(c3ccc4c(c3)C(C)(C)c3cc5ccccc5cc3-4)C=Cc3c4c(c5ccc(F)cc5c3O2)-c2ccc(F)cc2C4(C)C)cc1. The van der Waals surface area contributed by atoms with E-state index in [1.165, 1.54) is 45.2 Å². The zero-order chi connectivity index (χ0) is 35.7. The summed E-state index contributed by atoms with van der Waals surface area (Å²) in [5.41, 5.74) is 9.88. The van der Waals surface area contributed by atoms with Gasteiger partial charge >= 0.3 is 0 Å². The fourth-order valence-electron chi connectivity index (χ4n) is 9.40. The molecule has 2 aliphatic carbocycles. The lowest BCUT2D eigenvalue weighted by atomic mass is 9.75. The first kappa shape index (κ1) is 31.0. The molecule has 0 spiro atoms. The summed E-state index contributed by atoms with van der Waals surface area (Å²) in [6.45, 7) is 8.86. The maximum atomic E-state index is 15.3. The molecule has 0 amide bonds. The minimum atomic E-state index is -1.06. The molecule has 1 heterocycles. The van der Waals surface area contributed by atoms with Crippen molar-refractivity contribution in [1.82, 2.24) is 0 Å². The Balaban J connectivity index is 1.23. The zero-order valence-electron chi connectivity index (χ0n) is 29.7. The first-order valence-corrected chi connectivity index (χ1v) is 17.8. The van der Waals surface area contributed by atoms with E-state index in [0.29, 0.717) is 11.1 Å². The molecule has 1 aliphatic heterocycles. The molecule has 7 aromatic rings. The van der Waals surface area contributed by atoms with Gasteiger partial charge in [0.15, 0.2) is 5.60 Å². The second-order valence-electron chi connectivity index (χ2n) is 15.5. The smallest absolute Gasteiger partial charge is 0.178 e. The third kappa shape index (κ3) is 4.04. The van der Waals surface area contributed by atoms with Gasteiger partial charge in [0.05, 0.1) is 7.11 Å². The van der Waals surface area contributed by atoms with Gasteiger partial charge in [0.25, 0.3) is 0 Å². The number of halogens is 2. The van der Waals surface area contributed by atoms with Crippen molar-refractivity contribution in [3.63, 3.8) is 0 Å². The summed E-state index contributed by atoms with van der Waals surface area (Å²) in [5, 5.41) is 4.01. The van der Waals surface area contributed by atoms with Crippen LogP contribution in [0.3, 0.4) is 0 Å².